The van der Waals surface area contributed by atoms with Crippen LogP contribution >= 0.6 is 0 Å². The zero-order chi connectivity index (χ0) is 11.7. The molecule has 0 aromatic rings. The molecule has 0 bridgehead atoms. The van der Waals surface area contributed by atoms with Gasteiger partial charge in [0.05, 0.1) is 0 Å². The van der Waals surface area contributed by atoms with Crippen molar-refractivity contribution in [2.75, 3.05) is 20.8 Å². The summed E-state index contributed by atoms with van der Waals surface area (Å²) >= 11 is 0. The molecule has 0 aromatic heterocycles. The highest BCUT2D eigenvalue weighted by atomic mass is 28.4. The molecule has 0 fully saturated rings. The molecule has 0 amide bonds. The Morgan fingerprint density at radius 1 is 1.20 bits per heavy atom. The lowest BCUT2D eigenvalue weighted by Gasteiger charge is -2.33. The normalized spacial score (nSPS) is 14.2. The van der Waals surface area contributed by atoms with Gasteiger partial charge in [-0.2, -0.15) is 0 Å². The maximum atomic E-state index is 5.72. The maximum Gasteiger partial charge on any atom is 0.340 e. The molecule has 0 aromatic carbocycles. The van der Waals surface area contributed by atoms with Gasteiger partial charge >= 0.3 is 8.56 Å². The van der Waals surface area contributed by atoms with Crippen molar-refractivity contribution in [3.8, 4) is 0 Å². The zero-order valence-corrected chi connectivity index (χ0v) is 11.7. The van der Waals surface area contributed by atoms with E-state index in [4.69, 9.17) is 14.6 Å². The molecule has 0 rings (SSSR count). The van der Waals surface area contributed by atoms with Gasteiger partial charge in [-0.15, -0.1) is 0 Å². The van der Waals surface area contributed by atoms with E-state index in [9.17, 15) is 0 Å². The molecule has 0 aliphatic carbocycles. The van der Waals surface area contributed by atoms with Gasteiger partial charge in [0.2, 0.25) is 0 Å². The summed E-state index contributed by atoms with van der Waals surface area (Å²) in [5.74, 6) is 0. The van der Waals surface area contributed by atoms with Gasteiger partial charge in [0.25, 0.3) is 0 Å². The molecule has 0 aliphatic rings. The van der Waals surface area contributed by atoms with Crippen molar-refractivity contribution in [1.82, 2.24) is 0 Å². The minimum atomic E-state index is -1.96. The Hall–Kier alpha value is 0.0969. The number of nitrogens with two attached hydrogens (primary N) is 1. The van der Waals surface area contributed by atoms with Crippen molar-refractivity contribution in [2.45, 2.75) is 51.1 Å². The minimum absolute atomic E-state index is 0.530. The summed E-state index contributed by atoms with van der Waals surface area (Å²) in [6, 6.07) is 1.10. The predicted molar refractivity (Wildman–Crippen MR) is 67.2 cm³/mol. The van der Waals surface area contributed by atoms with Gasteiger partial charge in [0, 0.05) is 14.2 Å². The molecule has 0 aliphatic heterocycles. The van der Waals surface area contributed by atoms with Gasteiger partial charge in [-0.05, 0) is 31.0 Å². The zero-order valence-electron chi connectivity index (χ0n) is 10.7. The van der Waals surface area contributed by atoms with E-state index in [0.29, 0.717) is 5.54 Å². The van der Waals surface area contributed by atoms with Gasteiger partial charge in [-0.3, -0.25) is 0 Å². The van der Waals surface area contributed by atoms with E-state index in [1.807, 2.05) is 0 Å². The fourth-order valence-corrected chi connectivity index (χ4v) is 5.37. The van der Waals surface area contributed by atoms with Crippen molar-refractivity contribution >= 4 is 8.56 Å². The molecular weight excluding hydrogens is 206 g/mol. The summed E-state index contributed by atoms with van der Waals surface area (Å²) in [7, 11) is 1.63. The molecule has 4 heteroatoms. The Morgan fingerprint density at radius 2 is 1.80 bits per heavy atom. The third-order valence-corrected chi connectivity index (χ3v) is 7.38. The van der Waals surface area contributed by atoms with Crippen LogP contribution in [-0.4, -0.2) is 29.3 Å². The maximum absolute atomic E-state index is 5.72. The van der Waals surface area contributed by atoms with E-state index in [-0.39, 0.29) is 0 Å². The second-order valence-electron chi connectivity index (χ2n) is 4.16. The van der Waals surface area contributed by atoms with Crippen molar-refractivity contribution < 1.29 is 8.85 Å². The molecule has 1 unspecified atom stereocenters. The monoisotopic (exact) mass is 233 g/mol. The smallest absolute Gasteiger partial charge is 0.340 e. The van der Waals surface area contributed by atoms with Crippen LogP contribution in [0.5, 0.6) is 0 Å². The molecular formula is C11H27NO2Si. The van der Waals surface area contributed by atoms with E-state index in [0.717, 1.165) is 25.4 Å². The summed E-state index contributed by atoms with van der Waals surface area (Å²) in [5, 5.41) is 0. The Bertz CT molecular complexity index is 152. The Morgan fingerprint density at radius 3 is 2.20 bits per heavy atom. The standard InChI is InChI=1S/C11H27NO2Si/c1-5-6-10-15(13-3,14-4)11(2)8-7-9-12/h11H,5-10,12H2,1-4H3. The molecule has 0 radical (unpaired) electrons. The van der Waals surface area contributed by atoms with E-state index in [2.05, 4.69) is 13.8 Å². The van der Waals surface area contributed by atoms with Crippen LogP contribution in [-0.2, 0) is 8.85 Å². The van der Waals surface area contributed by atoms with Crippen molar-refractivity contribution in [1.29, 1.82) is 0 Å². The average Bonchev–Trinajstić information content (AvgIpc) is 2.28. The first-order valence-corrected chi connectivity index (χ1v) is 8.07. The molecule has 0 saturated carbocycles. The SMILES string of the molecule is CCCC[Si](OC)(OC)C(C)CCCN. The fraction of sp³-hybridized carbons (Fsp3) is 1.00. The number of rotatable bonds is 9. The highest BCUT2D eigenvalue weighted by Crippen LogP contribution is 2.32. The topological polar surface area (TPSA) is 44.5 Å². The lowest BCUT2D eigenvalue weighted by Crippen LogP contribution is -2.44. The molecule has 0 heterocycles. The lowest BCUT2D eigenvalue weighted by molar-refractivity contribution is 0.226. The van der Waals surface area contributed by atoms with E-state index >= 15 is 0 Å². The first-order valence-electron chi connectivity index (χ1n) is 5.97. The summed E-state index contributed by atoms with van der Waals surface area (Å²) in [5.41, 5.74) is 6.07. The summed E-state index contributed by atoms with van der Waals surface area (Å²) < 4.78 is 11.4. The van der Waals surface area contributed by atoms with Crippen LogP contribution in [0.15, 0.2) is 0 Å². The van der Waals surface area contributed by atoms with Crippen LogP contribution in [0.4, 0.5) is 0 Å². The minimum Gasteiger partial charge on any atom is -0.397 e. The third-order valence-electron chi connectivity index (χ3n) is 3.16. The predicted octanol–water partition coefficient (Wildman–Crippen LogP) is 2.65. The molecule has 0 spiro atoms. The molecule has 1 atom stereocenters. The fourth-order valence-electron chi connectivity index (χ4n) is 2.00. The summed E-state index contributed by atoms with van der Waals surface area (Å²) in [4.78, 5) is 0. The molecule has 0 saturated heterocycles. The summed E-state index contributed by atoms with van der Waals surface area (Å²) in [6.45, 7) is 5.20. The first kappa shape index (κ1) is 15.1. The van der Waals surface area contributed by atoms with Crippen molar-refractivity contribution in [2.24, 2.45) is 5.73 Å². The van der Waals surface area contributed by atoms with Crippen LogP contribution in [0.1, 0.15) is 39.5 Å². The van der Waals surface area contributed by atoms with E-state index in [1.54, 1.807) is 14.2 Å². The number of hydrogen-bond acceptors (Lipinski definition) is 3. The van der Waals surface area contributed by atoms with Crippen LogP contribution in [0.25, 0.3) is 0 Å². The van der Waals surface area contributed by atoms with Gasteiger partial charge in [-0.1, -0.05) is 26.7 Å². The number of unbranched alkanes of at least 4 members (excludes halogenated alkanes) is 1. The summed E-state index contributed by atoms with van der Waals surface area (Å²) in [6.07, 6.45) is 4.58. The van der Waals surface area contributed by atoms with Gasteiger partial charge in [-0.25, -0.2) is 0 Å². The highest BCUT2D eigenvalue weighted by molar-refractivity contribution is 6.68. The Kier molecular flexibility index (Phi) is 8.33. The van der Waals surface area contributed by atoms with Gasteiger partial charge < -0.3 is 14.6 Å². The quantitative estimate of drug-likeness (QED) is 0.623. The van der Waals surface area contributed by atoms with Crippen LogP contribution in [0.2, 0.25) is 11.6 Å². The lowest BCUT2D eigenvalue weighted by atomic mass is 10.2. The molecule has 15 heavy (non-hydrogen) atoms. The van der Waals surface area contributed by atoms with Crippen molar-refractivity contribution in [3.63, 3.8) is 0 Å². The molecule has 92 valence electrons. The van der Waals surface area contributed by atoms with Gasteiger partial charge in [0.15, 0.2) is 0 Å². The number of hydrogen-bond donors (Lipinski definition) is 1. The second-order valence-corrected chi connectivity index (χ2v) is 8.08. The second kappa shape index (κ2) is 8.27. The van der Waals surface area contributed by atoms with Crippen molar-refractivity contribution in [3.05, 3.63) is 0 Å². The van der Waals surface area contributed by atoms with Crippen LogP contribution in [0, 0.1) is 0 Å². The Balaban J connectivity index is 4.30. The molecule has 2 N–H and O–H groups in total. The third kappa shape index (κ3) is 4.63. The first-order chi connectivity index (χ1) is 7.16. The van der Waals surface area contributed by atoms with E-state index in [1.165, 1.54) is 12.8 Å². The van der Waals surface area contributed by atoms with Gasteiger partial charge in [0.1, 0.15) is 0 Å². The molecule has 3 nitrogen and oxygen atoms in total. The average molecular weight is 233 g/mol. The van der Waals surface area contributed by atoms with Crippen LogP contribution in [0.3, 0.4) is 0 Å². The van der Waals surface area contributed by atoms with E-state index < -0.39 is 8.56 Å². The highest BCUT2D eigenvalue weighted by Gasteiger charge is 2.40. The largest absolute Gasteiger partial charge is 0.397 e. The Labute approximate surface area is 95.6 Å². The van der Waals surface area contributed by atoms with Crippen LogP contribution < -0.4 is 5.73 Å².